The van der Waals surface area contributed by atoms with E-state index < -0.39 is 0 Å². The number of benzene rings is 1. The molecule has 1 atom stereocenters. The standard InChI is InChI=1S/C16H20ClFN2S/c1-3-7-19-13(9-14-10-21-11(2)20-14)8-12-5-4-6-15(18)16(12)17/h4-6,10,13,19H,3,7-9H2,1-2H3. The quantitative estimate of drug-likeness (QED) is 0.816. The summed E-state index contributed by atoms with van der Waals surface area (Å²) in [5.74, 6) is -0.354. The van der Waals surface area contributed by atoms with Crippen LogP contribution in [0.5, 0.6) is 0 Å². The summed E-state index contributed by atoms with van der Waals surface area (Å²) < 4.78 is 13.5. The van der Waals surface area contributed by atoms with Gasteiger partial charge in [0.05, 0.1) is 15.7 Å². The van der Waals surface area contributed by atoms with E-state index in [1.165, 1.54) is 6.07 Å². The number of thiazole rings is 1. The SMILES string of the molecule is CCCNC(Cc1csc(C)n1)Cc1cccc(F)c1Cl. The molecule has 1 unspecified atom stereocenters. The van der Waals surface area contributed by atoms with Crippen molar-refractivity contribution in [2.45, 2.75) is 39.2 Å². The summed E-state index contributed by atoms with van der Waals surface area (Å²) in [6, 6.07) is 5.20. The van der Waals surface area contributed by atoms with Crippen molar-refractivity contribution < 1.29 is 4.39 Å². The molecule has 0 aliphatic carbocycles. The van der Waals surface area contributed by atoms with Crippen LogP contribution in [0.25, 0.3) is 0 Å². The lowest BCUT2D eigenvalue weighted by Gasteiger charge is -2.18. The second-order valence-electron chi connectivity index (χ2n) is 5.13. The lowest BCUT2D eigenvalue weighted by Crippen LogP contribution is -2.34. The smallest absolute Gasteiger partial charge is 0.142 e. The molecule has 0 saturated carbocycles. The Hall–Kier alpha value is -0.970. The van der Waals surface area contributed by atoms with Crippen LogP contribution in [0, 0.1) is 12.7 Å². The largest absolute Gasteiger partial charge is 0.313 e. The maximum Gasteiger partial charge on any atom is 0.142 e. The first kappa shape index (κ1) is 16.4. The van der Waals surface area contributed by atoms with Gasteiger partial charge in [-0.3, -0.25) is 0 Å². The van der Waals surface area contributed by atoms with Gasteiger partial charge in [0.25, 0.3) is 0 Å². The Morgan fingerprint density at radius 3 is 2.86 bits per heavy atom. The number of halogens is 2. The van der Waals surface area contributed by atoms with Crippen LogP contribution in [0.1, 0.15) is 29.6 Å². The van der Waals surface area contributed by atoms with Crippen LogP contribution < -0.4 is 5.32 Å². The van der Waals surface area contributed by atoms with Crippen molar-refractivity contribution >= 4 is 22.9 Å². The number of hydrogen-bond acceptors (Lipinski definition) is 3. The van der Waals surface area contributed by atoms with Crippen LogP contribution in [-0.4, -0.2) is 17.6 Å². The van der Waals surface area contributed by atoms with Crippen molar-refractivity contribution in [3.8, 4) is 0 Å². The molecule has 1 N–H and O–H groups in total. The second-order valence-corrected chi connectivity index (χ2v) is 6.57. The Labute approximate surface area is 134 Å². The molecule has 0 fully saturated rings. The van der Waals surface area contributed by atoms with E-state index in [1.54, 1.807) is 17.4 Å². The fourth-order valence-corrected chi connectivity index (χ4v) is 3.12. The minimum absolute atomic E-state index is 0.214. The maximum absolute atomic E-state index is 13.5. The fourth-order valence-electron chi connectivity index (χ4n) is 2.29. The Bertz CT molecular complexity index is 585. The van der Waals surface area contributed by atoms with Crippen molar-refractivity contribution in [3.63, 3.8) is 0 Å². The highest BCUT2D eigenvalue weighted by molar-refractivity contribution is 7.09. The number of rotatable bonds is 7. The Morgan fingerprint density at radius 2 is 2.19 bits per heavy atom. The van der Waals surface area contributed by atoms with Gasteiger partial charge in [-0.05, 0) is 37.9 Å². The summed E-state index contributed by atoms with van der Waals surface area (Å²) in [6.45, 7) is 5.07. The minimum atomic E-state index is -0.354. The Kier molecular flexibility index (Phi) is 6.15. The van der Waals surface area contributed by atoms with E-state index >= 15 is 0 Å². The first-order valence-electron chi connectivity index (χ1n) is 7.17. The molecule has 5 heteroatoms. The zero-order valence-electron chi connectivity index (χ0n) is 12.3. The van der Waals surface area contributed by atoms with Gasteiger partial charge in [0.1, 0.15) is 5.82 Å². The van der Waals surface area contributed by atoms with E-state index in [1.807, 2.05) is 13.0 Å². The molecule has 1 heterocycles. The minimum Gasteiger partial charge on any atom is -0.313 e. The van der Waals surface area contributed by atoms with E-state index in [-0.39, 0.29) is 16.9 Å². The van der Waals surface area contributed by atoms with Crippen molar-refractivity contribution in [1.29, 1.82) is 0 Å². The Morgan fingerprint density at radius 1 is 1.38 bits per heavy atom. The summed E-state index contributed by atoms with van der Waals surface area (Å²) in [6.07, 6.45) is 2.59. The molecule has 21 heavy (non-hydrogen) atoms. The van der Waals surface area contributed by atoms with Gasteiger partial charge in [-0.1, -0.05) is 30.7 Å². The molecule has 0 amide bonds. The monoisotopic (exact) mass is 326 g/mol. The third-order valence-electron chi connectivity index (χ3n) is 3.30. The molecule has 0 spiro atoms. The van der Waals surface area contributed by atoms with Crippen molar-refractivity contribution in [2.75, 3.05) is 6.54 Å². The third-order valence-corrected chi connectivity index (χ3v) is 4.55. The van der Waals surface area contributed by atoms with Crippen LogP contribution in [0.15, 0.2) is 23.6 Å². The average Bonchev–Trinajstić information content (AvgIpc) is 2.86. The molecule has 0 bridgehead atoms. The van der Waals surface area contributed by atoms with E-state index in [0.29, 0.717) is 6.42 Å². The van der Waals surface area contributed by atoms with E-state index in [4.69, 9.17) is 11.6 Å². The molecule has 2 aromatic rings. The highest BCUT2D eigenvalue weighted by Gasteiger charge is 2.15. The number of hydrogen-bond donors (Lipinski definition) is 1. The number of aromatic nitrogens is 1. The van der Waals surface area contributed by atoms with Gasteiger partial charge in [0.2, 0.25) is 0 Å². The van der Waals surface area contributed by atoms with Gasteiger partial charge in [-0.25, -0.2) is 9.37 Å². The number of aryl methyl sites for hydroxylation is 1. The van der Waals surface area contributed by atoms with Crippen molar-refractivity contribution in [2.24, 2.45) is 0 Å². The van der Waals surface area contributed by atoms with Crippen LogP contribution >= 0.6 is 22.9 Å². The highest BCUT2D eigenvalue weighted by Crippen LogP contribution is 2.22. The fraction of sp³-hybridized carbons (Fsp3) is 0.438. The molecule has 1 aromatic heterocycles. The summed E-state index contributed by atoms with van der Waals surface area (Å²) in [5.41, 5.74) is 1.93. The molecule has 114 valence electrons. The second kappa shape index (κ2) is 7.87. The van der Waals surface area contributed by atoms with Gasteiger partial charge in [-0.2, -0.15) is 0 Å². The lowest BCUT2D eigenvalue weighted by atomic mass is 10.0. The summed E-state index contributed by atoms with van der Waals surface area (Å²) in [5, 5.41) is 6.90. The van der Waals surface area contributed by atoms with Gasteiger partial charge >= 0.3 is 0 Å². The lowest BCUT2D eigenvalue weighted by molar-refractivity contribution is 0.500. The predicted molar refractivity (Wildman–Crippen MR) is 87.8 cm³/mol. The van der Waals surface area contributed by atoms with E-state index in [0.717, 1.165) is 35.7 Å². The average molecular weight is 327 g/mol. The van der Waals surface area contributed by atoms with Gasteiger partial charge < -0.3 is 5.32 Å². The topological polar surface area (TPSA) is 24.9 Å². The summed E-state index contributed by atoms with van der Waals surface area (Å²) in [7, 11) is 0. The van der Waals surface area contributed by atoms with Crippen LogP contribution in [0.3, 0.4) is 0 Å². The molecule has 0 saturated heterocycles. The van der Waals surface area contributed by atoms with Gasteiger partial charge in [-0.15, -0.1) is 11.3 Å². The Balaban J connectivity index is 2.10. The molecule has 2 rings (SSSR count). The molecule has 1 aromatic carbocycles. The first-order valence-corrected chi connectivity index (χ1v) is 8.43. The maximum atomic E-state index is 13.5. The van der Waals surface area contributed by atoms with E-state index in [2.05, 4.69) is 22.6 Å². The molecule has 2 nitrogen and oxygen atoms in total. The number of nitrogens with zero attached hydrogens (tertiary/aromatic N) is 1. The molecule has 0 aliphatic rings. The summed E-state index contributed by atoms with van der Waals surface area (Å²) in [4.78, 5) is 4.51. The van der Waals surface area contributed by atoms with Crippen LogP contribution in [0.2, 0.25) is 5.02 Å². The third kappa shape index (κ3) is 4.77. The number of nitrogens with one attached hydrogen (secondary N) is 1. The normalized spacial score (nSPS) is 12.6. The zero-order chi connectivity index (χ0) is 15.2. The predicted octanol–water partition coefficient (Wildman–Crippen LogP) is 4.40. The first-order chi connectivity index (χ1) is 10.1. The molecule has 0 radical (unpaired) electrons. The molecular weight excluding hydrogens is 307 g/mol. The molecule has 0 aliphatic heterocycles. The molecular formula is C16H20ClFN2S. The van der Waals surface area contributed by atoms with Crippen molar-refractivity contribution in [3.05, 3.63) is 50.7 Å². The van der Waals surface area contributed by atoms with Crippen LogP contribution in [-0.2, 0) is 12.8 Å². The van der Waals surface area contributed by atoms with E-state index in [9.17, 15) is 4.39 Å². The van der Waals surface area contributed by atoms with Crippen LogP contribution in [0.4, 0.5) is 4.39 Å². The highest BCUT2D eigenvalue weighted by atomic mass is 35.5. The van der Waals surface area contributed by atoms with Crippen molar-refractivity contribution in [1.82, 2.24) is 10.3 Å². The van der Waals surface area contributed by atoms with Gasteiger partial charge in [0.15, 0.2) is 0 Å². The zero-order valence-corrected chi connectivity index (χ0v) is 13.9. The summed E-state index contributed by atoms with van der Waals surface area (Å²) >= 11 is 7.72. The van der Waals surface area contributed by atoms with Gasteiger partial charge in [0, 0.05) is 17.8 Å².